The van der Waals surface area contributed by atoms with Crippen LogP contribution in [-0.4, -0.2) is 45.9 Å². The van der Waals surface area contributed by atoms with Crippen LogP contribution in [0.3, 0.4) is 0 Å². The number of nitrogen functional groups attached to an aromatic ring is 1. The van der Waals surface area contributed by atoms with Gasteiger partial charge in [0.15, 0.2) is 5.82 Å². The van der Waals surface area contributed by atoms with Gasteiger partial charge in [-0.2, -0.15) is 5.09 Å². The zero-order valence-corrected chi connectivity index (χ0v) is 27.3. The van der Waals surface area contributed by atoms with Crippen LogP contribution in [0.2, 0.25) is 0 Å². The van der Waals surface area contributed by atoms with E-state index < -0.39 is 25.3 Å². The molecule has 3 atom stereocenters. The van der Waals surface area contributed by atoms with E-state index in [2.05, 4.69) is 21.6 Å². The van der Waals surface area contributed by atoms with Gasteiger partial charge in [0.2, 0.25) is 0 Å². The minimum Gasteiger partial charge on any atom is -0.462 e. The smallest absolute Gasteiger partial charge is 0.459 e. The fourth-order valence-corrected chi connectivity index (χ4v) is 6.69. The average Bonchev–Trinajstić information content (AvgIpc) is 3.39. The van der Waals surface area contributed by atoms with Crippen molar-refractivity contribution in [2.24, 2.45) is 0 Å². The summed E-state index contributed by atoms with van der Waals surface area (Å²) >= 11 is 0. The van der Waals surface area contributed by atoms with Gasteiger partial charge in [-0.25, -0.2) is 14.5 Å². The van der Waals surface area contributed by atoms with Crippen molar-refractivity contribution in [3.8, 4) is 5.75 Å². The number of ether oxygens (including phenoxy) is 2. The highest BCUT2D eigenvalue weighted by molar-refractivity contribution is 7.52. The molecule has 0 spiro atoms. The Hall–Kier alpha value is -3.50. The second-order valence-electron chi connectivity index (χ2n) is 11.3. The van der Waals surface area contributed by atoms with Crippen LogP contribution in [0, 0.1) is 0 Å². The summed E-state index contributed by atoms with van der Waals surface area (Å²) in [6.45, 7) is 11.8. The molecule has 0 bridgehead atoms. The lowest BCUT2D eigenvalue weighted by atomic mass is 9.94. The van der Waals surface area contributed by atoms with Gasteiger partial charge in [0, 0.05) is 12.0 Å². The number of rotatable bonds is 16. The van der Waals surface area contributed by atoms with Crippen molar-refractivity contribution in [2.75, 3.05) is 18.9 Å². The SMILES string of the molecule is CCCCC(C)(CO[P@@](=O)(N[C@@H](C)C(=O)OC(C)C)Oc1ccccc1)n1c(COCC)nc2c(N)nc3ccccc3c21. The largest absolute Gasteiger partial charge is 0.462 e. The maximum absolute atomic E-state index is 14.4. The highest BCUT2D eigenvalue weighted by atomic mass is 31.2. The Bertz CT molecular complexity index is 1610. The third kappa shape index (κ3) is 7.77. The molecule has 2 aromatic carbocycles. The number of benzene rings is 2. The summed E-state index contributed by atoms with van der Waals surface area (Å²) in [6.07, 6.45) is 2.08. The van der Waals surface area contributed by atoms with Gasteiger partial charge in [-0.3, -0.25) is 9.32 Å². The summed E-state index contributed by atoms with van der Waals surface area (Å²) in [5.74, 6) is 0.724. The Kier molecular flexibility index (Phi) is 11.0. The van der Waals surface area contributed by atoms with Crippen molar-refractivity contribution in [1.82, 2.24) is 19.6 Å². The minimum absolute atomic E-state index is 0.0444. The molecular weight excluding hydrogens is 581 g/mol. The van der Waals surface area contributed by atoms with E-state index in [0.29, 0.717) is 35.9 Å². The molecule has 0 fully saturated rings. The molecule has 3 N–H and O–H groups in total. The van der Waals surface area contributed by atoms with Gasteiger partial charge < -0.3 is 24.3 Å². The second kappa shape index (κ2) is 14.5. The summed E-state index contributed by atoms with van der Waals surface area (Å²) in [4.78, 5) is 22.2. The molecule has 2 heterocycles. The lowest BCUT2D eigenvalue weighted by Gasteiger charge is -2.35. The number of nitrogens with one attached hydrogen (secondary N) is 1. The lowest BCUT2D eigenvalue weighted by molar-refractivity contribution is -0.149. The van der Waals surface area contributed by atoms with Crippen molar-refractivity contribution in [3.05, 3.63) is 60.4 Å². The van der Waals surface area contributed by atoms with Crippen LogP contribution >= 0.6 is 7.75 Å². The van der Waals surface area contributed by atoms with E-state index in [1.54, 1.807) is 45.0 Å². The molecule has 0 aliphatic carbocycles. The number of esters is 1. The lowest BCUT2D eigenvalue weighted by Crippen LogP contribution is -2.40. The van der Waals surface area contributed by atoms with E-state index >= 15 is 0 Å². The molecular formula is C32H44N5O6P. The monoisotopic (exact) mass is 625 g/mol. The summed E-state index contributed by atoms with van der Waals surface area (Å²) in [6, 6.07) is 15.5. The van der Waals surface area contributed by atoms with E-state index in [1.165, 1.54) is 0 Å². The Morgan fingerprint density at radius 2 is 1.77 bits per heavy atom. The summed E-state index contributed by atoms with van der Waals surface area (Å²) in [7, 11) is -4.13. The van der Waals surface area contributed by atoms with Gasteiger partial charge in [0.1, 0.15) is 29.7 Å². The number of imidazole rings is 1. The first-order valence-corrected chi connectivity index (χ1v) is 16.7. The van der Waals surface area contributed by atoms with Crippen LogP contribution in [0.25, 0.3) is 21.9 Å². The number of fused-ring (bicyclic) bond motifs is 3. The normalized spacial score (nSPS) is 15.2. The molecule has 0 amide bonds. The Balaban J connectivity index is 1.81. The Labute approximate surface area is 259 Å². The number of carbonyl (C=O) groups excluding carboxylic acids is 1. The van der Waals surface area contributed by atoms with Crippen LogP contribution in [0.4, 0.5) is 5.82 Å². The van der Waals surface area contributed by atoms with Gasteiger partial charge >= 0.3 is 13.7 Å². The van der Waals surface area contributed by atoms with Crippen molar-refractivity contribution in [3.63, 3.8) is 0 Å². The highest BCUT2D eigenvalue weighted by Gasteiger charge is 2.39. The first-order chi connectivity index (χ1) is 21.0. The maximum atomic E-state index is 14.4. The van der Waals surface area contributed by atoms with Gasteiger partial charge in [-0.15, -0.1) is 0 Å². The molecule has 0 saturated heterocycles. The molecule has 1 unspecified atom stereocenters. The minimum atomic E-state index is -4.13. The molecule has 4 rings (SSSR count). The van der Waals surface area contributed by atoms with Crippen molar-refractivity contribution < 1.29 is 27.9 Å². The van der Waals surface area contributed by atoms with Crippen LogP contribution in [-0.2, 0) is 35.5 Å². The molecule has 4 aromatic rings. The molecule has 44 heavy (non-hydrogen) atoms. The first kappa shape index (κ1) is 33.4. The van der Waals surface area contributed by atoms with Crippen molar-refractivity contribution in [1.29, 1.82) is 0 Å². The molecule has 2 aromatic heterocycles. The quantitative estimate of drug-likeness (QED) is 0.102. The zero-order chi connectivity index (χ0) is 31.9. The standard InChI is InChI=1S/C32H44N5O6P/c1-7-9-19-32(6,21-41-44(39,43-24-15-11-10-12-16-24)36-23(5)31(38)42-22(3)4)37-27(20-40-8-2)35-28-29(37)25-17-13-14-18-26(25)34-30(28)33/h10-18,22-23H,7-9,19-21H2,1-6H3,(H2,33,34)(H,36,39)/t23-,32?,44-/m0/s1. The first-order valence-electron chi connectivity index (χ1n) is 15.1. The zero-order valence-electron chi connectivity index (χ0n) is 26.4. The molecule has 0 aliphatic heterocycles. The number of anilines is 1. The average molecular weight is 626 g/mol. The molecule has 238 valence electrons. The summed E-state index contributed by atoms with van der Waals surface area (Å²) in [5, 5.41) is 3.68. The number of hydrogen-bond acceptors (Lipinski definition) is 9. The van der Waals surface area contributed by atoms with Crippen LogP contribution in [0.5, 0.6) is 5.75 Å². The van der Waals surface area contributed by atoms with E-state index in [4.69, 9.17) is 29.2 Å². The number of para-hydroxylation sites is 2. The Morgan fingerprint density at radius 3 is 2.45 bits per heavy atom. The third-order valence-corrected chi connectivity index (χ3v) is 8.83. The molecule has 11 nitrogen and oxygen atoms in total. The van der Waals surface area contributed by atoms with E-state index in [0.717, 1.165) is 29.3 Å². The number of pyridine rings is 1. The fourth-order valence-electron chi connectivity index (χ4n) is 5.08. The van der Waals surface area contributed by atoms with Crippen LogP contribution in [0.15, 0.2) is 54.6 Å². The van der Waals surface area contributed by atoms with Gasteiger partial charge in [-0.1, -0.05) is 56.2 Å². The topological polar surface area (TPSA) is 140 Å². The van der Waals surface area contributed by atoms with Gasteiger partial charge in [0.25, 0.3) is 0 Å². The summed E-state index contributed by atoms with van der Waals surface area (Å²) in [5.41, 5.74) is 7.75. The number of aromatic nitrogens is 3. The maximum Gasteiger partial charge on any atom is 0.459 e. The fraction of sp³-hybridized carbons (Fsp3) is 0.469. The second-order valence-corrected chi connectivity index (χ2v) is 13.0. The van der Waals surface area contributed by atoms with Crippen LogP contribution < -0.4 is 15.3 Å². The van der Waals surface area contributed by atoms with Gasteiger partial charge in [-0.05, 0) is 59.2 Å². The number of nitrogens with two attached hydrogens (primary N) is 1. The van der Waals surface area contributed by atoms with E-state index in [9.17, 15) is 9.36 Å². The van der Waals surface area contributed by atoms with E-state index in [1.807, 2.05) is 44.2 Å². The molecule has 0 radical (unpaired) electrons. The number of nitrogens with zero attached hydrogens (tertiary/aromatic N) is 3. The molecule has 12 heteroatoms. The summed E-state index contributed by atoms with van der Waals surface area (Å²) < 4.78 is 39.9. The number of hydrogen-bond donors (Lipinski definition) is 2. The van der Waals surface area contributed by atoms with Gasteiger partial charge in [0.05, 0.1) is 29.3 Å². The molecule has 0 saturated carbocycles. The predicted octanol–water partition coefficient (Wildman–Crippen LogP) is 6.74. The van der Waals surface area contributed by atoms with Crippen molar-refractivity contribution in [2.45, 2.75) is 85.1 Å². The number of unbranched alkanes of at least 4 members (excludes halogenated alkanes) is 1. The molecule has 0 aliphatic rings. The predicted molar refractivity (Wildman–Crippen MR) is 172 cm³/mol. The highest BCUT2D eigenvalue weighted by Crippen LogP contribution is 2.47. The number of carbonyl (C=O) groups is 1. The van der Waals surface area contributed by atoms with E-state index in [-0.39, 0.29) is 19.3 Å². The van der Waals surface area contributed by atoms with Crippen molar-refractivity contribution >= 4 is 41.5 Å². The van der Waals surface area contributed by atoms with Crippen LogP contribution in [0.1, 0.15) is 66.6 Å². The third-order valence-electron chi connectivity index (χ3n) is 7.21. The Morgan fingerprint density at radius 1 is 1.07 bits per heavy atom.